The highest BCUT2D eigenvalue weighted by Crippen LogP contribution is 2.36. The Balaban J connectivity index is 0.829. The van der Waals surface area contributed by atoms with E-state index >= 15 is 0 Å². The molecule has 2 aliphatic rings. The van der Waals surface area contributed by atoms with Gasteiger partial charge >= 0.3 is 5.97 Å². The zero-order valence-electron chi connectivity index (χ0n) is 34.5. The van der Waals surface area contributed by atoms with E-state index in [1.54, 1.807) is 35.6 Å². The number of aromatic nitrogens is 2. The summed E-state index contributed by atoms with van der Waals surface area (Å²) in [7, 11) is 0. The largest absolute Gasteiger partial charge is 0.476 e. The number of pyridine rings is 1. The van der Waals surface area contributed by atoms with Crippen LogP contribution < -0.4 is 25.6 Å². The molecule has 1 saturated heterocycles. The predicted molar refractivity (Wildman–Crippen MR) is 245 cm³/mol. The Morgan fingerprint density at radius 1 is 0.873 bits per heavy atom. The van der Waals surface area contributed by atoms with Crippen molar-refractivity contribution < 1.29 is 29.0 Å². The third-order valence-electron chi connectivity index (χ3n) is 11.7. The molecule has 0 radical (unpaired) electrons. The molecule has 1 unspecified atom stereocenters. The summed E-state index contributed by atoms with van der Waals surface area (Å²) in [6, 6.07) is 38.5. The van der Waals surface area contributed by atoms with Crippen molar-refractivity contribution in [2.75, 3.05) is 22.1 Å². The highest BCUT2D eigenvalue weighted by Gasteiger charge is 2.28. The van der Waals surface area contributed by atoms with E-state index in [0.29, 0.717) is 73.0 Å². The normalized spacial score (nSPS) is 14.8. The van der Waals surface area contributed by atoms with Crippen molar-refractivity contribution in [1.82, 2.24) is 15.3 Å². The molecule has 63 heavy (non-hydrogen) atoms. The van der Waals surface area contributed by atoms with Gasteiger partial charge in [0.2, 0.25) is 17.7 Å². The second-order valence-corrected chi connectivity index (χ2v) is 16.8. The van der Waals surface area contributed by atoms with Gasteiger partial charge in [0, 0.05) is 43.7 Å². The van der Waals surface area contributed by atoms with Gasteiger partial charge in [-0.15, -0.1) is 0 Å². The number of ether oxygens (including phenoxy) is 1. The number of carboxylic acid groups (broad SMARTS) is 1. The van der Waals surface area contributed by atoms with Gasteiger partial charge in [0.15, 0.2) is 10.8 Å². The van der Waals surface area contributed by atoms with E-state index in [0.717, 1.165) is 38.5 Å². The predicted octanol–water partition coefficient (Wildman–Crippen LogP) is 9.42. The molecule has 13 heteroatoms. The first kappa shape index (κ1) is 41.0. The molecular formula is C50H44N6O6S. The van der Waals surface area contributed by atoms with E-state index in [1.807, 2.05) is 79.7 Å². The van der Waals surface area contributed by atoms with Gasteiger partial charge in [-0.1, -0.05) is 78.1 Å². The number of carbonyl (C=O) groups excluding carboxylic acids is 3. The van der Waals surface area contributed by atoms with Crippen molar-refractivity contribution in [2.24, 2.45) is 0 Å². The lowest BCUT2D eigenvalue weighted by Crippen LogP contribution is -2.39. The number of amides is 3. The summed E-state index contributed by atoms with van der Waals surface area (Å²) in [5, 5.41) is 20.1. The zero-order valence-corrected chi connectivity index (χ0v) is 35.3. The molecular weight excluding hydrogens is 813 g/mol. The molecule has 12 nitrogen and oxygen atoms in total. The quantitative estimate of drug-likeness (QED) is 0.0822. The number of rotatable bonds is 13. The molecule has 2 aromatic heterocycles. The molecule has 2 aliphatic heterocycles. The molecule has 0 aliphatic carbocycles. The number of fused-ring (bicyclic) bond motifs is 2. The van der Waals surface area contributed by atoms with E-state index < -0.39 is 5.97 Å². The number of aromatic carboxylic acids is 1. The Morgan fingerprint density at radius 3 is 2.48 bits per heavy atom. The fourth-order valence-corrected chi connectivity index (χ4v) is 9.16. The average Bonchev–Trinajstić information content (AvgIpc) is 3.72. The van der Waals surface area contributed by atoms with Crippen LogP contribution in [0.3, 0.4) is 0 Å². The van der Waals surface area contributed by atoms with Crippen LogP contribution in [-0.4, -0.2) is 45.3 Å². The fourth-order valence-electron chi connectivity index (χ4n) is 8.30. The highest BCUT2D eigenvalue weighted by molar-refractivity contribution is 7.22. The lowest BCUT2D eigenvalue weighted by molar-refractivity contribution is -0.134. The smallest absolute Gasteiger partial charge is 0.355 e. The number of piperidine rings is 1. The minimum atomic E-state index is -1.11. The van der Waals surface area contributed by atoms with Gasteiger partial charge in [-0.2, -0.15) is 0 Å². The van der Waals surface area contributed by atoms with Crippen LogP contribution in [0.2, 0.25) is 0 Å². The maximum Gasteiger partial charge on any atom is 0.355 e. The zero-order chi connectivity index (χ0) is 43.5. The summed E-state index contributed by atoms with van der Waals surface area (Å²) in [5.74, 6) is -0.371. The van der Waals surface area contributed by atoms with Crippen molar-refractivity contribution in [1.29, 1.82) is 0 Å². The monoisotopic (exact) mass is 856 g/mol. The molecule has 5 aromatic carbocycles. The van der Waals surface area contributed by atoms with Gasteiger partial charge in [0.1, 0.15) is 17.3 Å². The summed E-state index contributed by atoms with van der Waals surface area (Å²) in [6.07, 6.45) is 2.38. The molecule has 7 aromatic rings. The number of benzene rings is 5. The number of nitrogens with one attached hydrogen (secondary N) is 3. The van der Waals surface area contributed by atoms with E-state index in [9.17, 15) is 24.3 Å². The Bertz CT molecular complexity index is 2840. The van der Waals surface area contributed by atoms with Crippen LogP contribution in [0.4, 0.5) is 16.6 Å². The summed E-state index contributed by atoms with van der Waals surface area (Å²) in [6.45, 7) is 3.85. The van der Waals surface area contributed by atoms with E-state index in [4.69, 9.17) is 14.7 Å². The minimum absolute atomic E-state index is 0.0260. The molecule has 0 spiro atoms. The number of nitrogens with zero attached hydrogens (tertiary/aromatic N) is 3. The van der Waals surface area contributed by atoms with Crippen molar-refractivity contribution in [3.05, 3.63) is 160 Å². The van der Waals surface area contributed by atoms with Crippen LogP contribution in [0.1, 0.15) is 69.0 Å². The summed E-state index contributed by atoms with van der Waals surface area (Å²) in [5.41, 5.74) is 9.01. The van der Waals surface area contributed by atoms with Crippen LogP contribution in [0, 0.1) is 6.92 Å². The molecule has 316 valence electrons. The van der Waals surface area contributed by atoms with Crippen LogP contribution in [-0.2, 0) is 40.3 Å². The molecule has 3 amide bonds. The van der Waals surface area contributed by atoms with Crippen molar-refractivity contribution in [3.8, 4) is 22.6 Å². The van der Waals surface area contributed by atoms with Gasteiger partial charge < -0.3 is 25.4 Å². The number of carboxylic acids is 1. The molecule has 4 heterocycles. The number of anilines is 3. The Labute approximate surface area is 368 Å². The molecule has 4 N–H and O–H groups in total. The number of imide groups is 1. The first-order valence-electron chi connectivity index (χ1n) is 20.9. The van der Waals surface area contributed by atoms with Crippen LogP contribution >= 0.6 is 11.3 Å². The number of aryl methyl sites for hydroxylation is 1. The van der Waals surface area contributed by atoms with Gasteiger partial charge in [-0.25, -0.2) is 14.8 Å². The molecule has 0 saturated carbocycles. The topological polar surface area (TPSA) is 163 Å². The van der Waals surface area contributed by atoms with Crippen molar-refractivity contribution >= 4 is 61.9 Å². The summed E-state index contributed by atoms with van der Waals surface area (Å²) >= 11 is 1.63. The van der Waals surface area contributed by atoms with Gasteiger partial charge in [-0.05, 0) is 120 Å². The maximum atomic E-state index is 12.8. The second kappa shape index (κ2) is 17.9. The number of thiazole rings is 1. The van der Waals surface area contributed by atoms with E-state index in [-0.39, 0.29) is 35.8 Å². The second-order valence-electron chi connectivity index (χ2n) is 15.8. The number of para-hydroxylation sites is 1. The number of carbonyl (C=O) groups is 4. The molecule has 0 bridgehead atoms. The van der Waals surface area contributed by atoms with Gasteiger partial charge in [0.25, 0.3) is 0 Å². The molecule has 1 fully saturated rings. The minimum Gasteiger partial charge on any atom is -0.476 e. The lowest BCUT2D eigenvalue weighted by Gasteiger charge is -2.31. The SMILES string of the molecule is Cc1c(Oc2ccc(CCC(=O)Nc3ccc(C4CCC(=O)NC4=O)cc3)cc2)cccc1-c1ccc(N2CCc3cccc(CNc4nc5ccccc5s4)c3C2)nc1C(=O)O. The van der Waals surface area contributed by atoms with E-state index in [2.05, 4.69) is 45.1 Å². The summed E-state index contributed by atoms with van der Waals surface area (Å²) in [4.78, 5) is 60.9. The summed E-state index contributed by atoms with van der Waals surface area (Å²) < 4.78 is 7.46. The van der Waals surface area contributed by atoms with Crippen molar-refractivity contribution in [2.45, 2.75) is 58.0 Å². The Kier molecular flexibility index (Phi) is 11.7. The third-order valence-corrected chi connectivity index (χ3v) is 12.7. The molecule has 1 atom stereocenters. The first-order chi connectivity index (χ1) is 30.6. The Hall–Kier alpha value is -7.38. The van der Waals surface area contributed by atoms with Gasteiger partial charge in [0.05, 0.1) is 16.1 Å². The highest BCUT2D eigenvalue weighted by atomic mass is 32.1. The Morgan fingerprint density at radius 2 is 1.68 bits per heavy atom. The fraction of sp³-hybridized carbons (Fsp3) is 0.200. The van der Waals surface area contributed by atoms with E-state index in [1.165, 1.54) is 16.7 Å². The van der Waals surface area contributed by atoms with Crippen LogP contribution in [0.15, 0.2) is 121 Å². The standard InChI is InChI=1S/C50H44N6O6S/c1-30-37(8-5-10-42(30)62-36-19-12-31(13-20-36)14-24-45(57)52-35-17-15-33(16-18-35)38-22-25-46(58)55-48(38)59)39-21-23-44(54-47(39)49(60)61)56-27-26-32-6-4-7-34(40(32)29-56)28-51-50-53-41-9-2-3-11-43(41)63-50/h2-13,15-21,23,38H,14,22,24-29H2,1H3,(H,51,53)(H,52,57)(H,60,61)(H,55,58,59). The average molecular weight is 857 g/mol. The first-order valence-corrected chi connectivity index (χ1v) is 21.8. The molecule has 9 rings (SSSR count). The number of hydrogen-bond acceptors (Lipinski definition) is 10. The van der Waals surface area contributed by atoms with Crippen LogP contribution in [0.25, 0.3) is 21.3 Å². The van der Waals surface area contributed by atoms with Gasteiger partial charge in [-0.3, -0.25) is 19.7 Å². The van der Waals surface area contributed by atoms with Crippen molar-refractivity contribution in [3.63, 3.8) is 0 Å². The number of hydrogen-bond donors (Lipinski definition) is 4. The third kappa shape index (κ3) is 9.14. The lowest BCUT2D eigenvalue weighted by atomic mass is 9.90. The van der Waals surface area contributed by atoms with Crippen LogP contribution in [0.5, 0.6) is 11.5 Å². The maximum absolute atomic E-state index is 12.8.